The van der Waals surface area contributed by atoms with Crippen LogP contribution in [0.25, 0.3) is 0 Å². The fourth-order valence-electron chi connectivity index (χ4n) is 2.24. The van der Waals surface area contributed by atoms with Crippen molar-refractivity contribution in [3.8, 4) is 0 Å². The van der Waals surface area contributed by atoms with Gasteiger partial charge in [-0.25, -0.2) is 0 Å². The zero-order valence-electron chi connectivity index (χ0n) is 11.3. The van der Waals surface area contributed by atoms with Crippen molar-refractivity contribution in [2.45, 2.75) is 19.4 Å². The predicted octanol–water partition coefficient (Wildman–Crippen LogP) is 3.82. The molecule has 0 aliphatic carbocycles. The molecule has 0 fully saturated rings. The van der Waals surface area contributed by atoms with E-state index in [1.165, 1.54) is 6.92 Å². The number of Topliss-reactive ketones (excluding diaryl/α,β-unsaturated/α-hetero) is 1. The van der Waals surface area contributed by atoms with E-state index in [-0.39, 0.29) is 5.78 Å². The highest BCUT2D eigenvalue weighted by Gasteiger charge is 2.25. The third-order valence-electron chi connectivity index (χ3n) is 3.41. The van der Waals surface area contributed by atoms with Crippen molar-refractivity contribution in [3.63, 3.8) is 0 Å². The minimum Gasteiger partial charge on any atom is -0.388 e. The number of rotatable bonds is 5. The van der Waals surface area contributed by atoms with Crippen LogP contribution in [-0.2, 0) is 11.2 Å². The minimum absolute atomic E-state index is 0.0173. The Morgan fingerprint density at radius 3 is 2.25 bits per heavy atom. The number of aliphatic hydroxyl groups is 1. The van der Waals surface area contributed by atoms with Gasteiger partial charge in [0.05, 0.1) is 12.0 Å². The minimum atomic E-state index is -0.815. The van der Waals surface area contributed by atoms with Crippen LogP contribution in [0.2, 0.25) is 5.02 Å². The van der Waals surface area contributed by atoms with E-state index in [1.807, 2.05) is 30.3 Å². The van der Waals surface area contributed by atoms with Crippen molar-refractivity contribution in [2.24, 2.45) is 5.92 Å². The zero-order chi connectivity index (χ0) is 14.5. The smallest absolute Gasteiger partial charge is 0.136 e. The third-order valence-corrected chi connectivity index (χ3v) is 3.67. The first-order chi connectivity index (χ1) is 9.58. The SMILES string of the molecule is CC(=O)[C@H](Cc1ccccc1)[C@H](O)c1ccc(Cl)cc1. The fourth-order valence-corrected chi connectivity index (χ4v) is 2.36. The average Bonchev–Trinajstić information content (AvgIpc) is 2.45. The topological polar surface area (TPSA) is 37.3 Å². The number of benzene rings is 2. The molecule has 2 atom stereocenters. The second-order valence-corrected chi connectivity index (χ2v) is 5.34. The van der Waals surface area contributed by atoms with Crippen LogP contribution in [0.4, 0.5) is 0 Å². The van der Waals surface area contributed by atoms with Gasteiger partial charge < -0.3 is 5.11 Å². The summed E-state index contributed by atoms with van der Waals surface area (Å²) in [4.78, 5) is 11.8. The number of carbonyl (C=O) groups is 1. The summed E-state index contributed by atoms with van der Waals surface area (Å²) >= 11 is 5.84. The van der Waals surface area contributed by atoms with Gasteiger partial charge in [0.15, 0.2) is 0 Å². The Morgan fingerprint density at radius 1 is 1.10 bits per heavy atom. The maximum absolute atomic E-state index is 11.8. The second-order valence-electron chi connectivity index (χ2n) is 4.90. The van der Waals surface area contributed by atoms with E-state index in [2.05, 4.69) is 0 Å². The number of halogens is 1. The molecule has 2 aromatic rings. The van der Waals surface area contributed by atoms with Crippen molar-refractivity contribution < 1.29 is 9.90 Å². The fraction of sp³-hybridized carbons (Fsp3) is 0.235. The molecule has 2 rings (SSSR count). The second kappa shape index (κ2) is 6.69. The molecule has 0 bridgehead atoms. The molecule has 0 radical (unpaired) electrons. The van der Waals surface area contributed by atoms with Crippen molar-refractivity contribution in [3.05, 3.63) is 70.7 Å². The average molecular weight is 289 g/mol. The lowest BCUT2D eigenvalue weighted by Crippen LogP contribution is -2.22. The van der Waals surface area contributed by atoms with E-state index in [4.69, 9.17) is 11.6 Å². The summed E-state index contributed by atoms with van der Waals surface area (Å²) in [5.41, 5.74) is 1.76. The Morgan fingerprint density at radius 2 is 1.70 bits per heavy atom. The molecule has 0 spiro atoms. The lowest BCUT2D eigenvalue weighted by molar-refractivity contribution is -0.124. The molecule has 0 aliphatic heterocycles. The van der Waals surface area contributed by atoms with Crippen LogP contribution in [0, 0.1) is 5.92 Å². The quantitative estimate of drug-likeness (QED) is 0.908. The van der Waals surface area contributed by atoms with E-state index < -0.39 is 12.0 Å². The summed E-state index contributed by atoms with van der Waals surface area (Å²) < 4.78 is 0. The molecule has 0 amide bonds. The Hall–Kier alpha value is -1.64. The number of carbonyl (C=O) groups excluding carboxylic acids is 1. The van der Waals surface area contributed by atoms with E-state index >= 15 is 0 Å². The molecule has 0 heterocycles. The van der Waals surface area contributed by atoms with Crippen LogP contribution in [0.5, 0.6) is 0 Å². The van der Waals surface area contributed by atoms with Crippen LogP contribution in [0.1, 0.15) is 24.2 Å². The highest BCUT2D eigenvalue weighted by molar-refractivity contribution is 6.30. The summed E-state index contributed by atoms with van der Waals surface area (Å²) in [6.07, 6.45) is -0.287. The predicted molar refractivity (Wildman–Crippen MR) is 80.7 cm³/mol. The molecule has 2 aromatic carbocycles. The Balaban J connectivity index is 2.20. The molecular weight excluding hydrogens is 272 g/mol. The van der Waals surface area contributed by atoms with Crippen LogP contribution in [0.3, 0.4) is 0 Å². The summed E-state index contributed by atoms with van der Waals surface area (Å²) in [5, 5.41) is 11.1. The highest BCUT2D eigenvalue weighted by Crippen LogP contribution is 2.27. The molecular formula is C17H17ClO2. The zero-order valence-corrected chi connectivity index (χ0v) is 12.0. The summed E-state index contributed by atoms with van der Waals surface area (Å²) in [5.74, 6) is -0.463. The monoisotopic (exact) mass is 288 g/mol. The molecule has 3 heteroatoms. The maximum Gasteiger partial charge on any atom is 0.136 e. The van der Waals surface area contributed by atoms with E-state index in [9.17, 15) is 9.90 Å². The molecule has 1 N–H and O–H groups in total. The van der Waals surface area contributed by atoms with Gasteiger partial charge in [-0.3, -0.25) is 4.79 Å². The maximum atomic E-state index is 11.8. The first kappa shape index (κ1) is 14.8. The standard InChI is InChI=1S/C17H17ClO2/c1-12(19)16(11-13-5-3-2-4-6-13)17(20)14-7-9-15(18)10-8-14/h2-10,16-17,20H,11H2,1H3/t16-,17+/m0/s1. The molecule has 104 valence electrons. The third kappa shape index (κ3) is 3.69. The van der Waals surface area contributed by atoms with E-state index in [1.54, 1.807) is 24.3 Å². The Labute approximate surface area is 124 Å². The van der Waals surface area contributed by atoms with Crippen molar-refractivity contribution in [1.29, 1.82) is 0 Å². The Kier molecular flexibility index (Phi) is 4.94. The molecule has 0 unspecified atom stereocenters. The van der Waals surface area contributed by atoms with Crippen LogP contribution in [-0.4, -0.2) is 10.9 Å². The van der Waals surface area contributed by atoms with Gasteiger partial charge in [0.1, 0.15) is 5.78 Å². The van der Waals surface area contributed by atoms with Gasteiger partial charge in [0.25, 0.3) is 0 Å². The van der Waals surface area contributed by atoms with Crippen LogP contribution in [0.15, 0.2) is 54.6 Å². The lowest BCUT2D eigenvalue weighted by atomic mass is 9.87. The molecule has 0 saturated carbocycles. The molecule has 0 aromatic heterocycles. The lowest BCUT2D eigenvalue weighted by Gasteiger charge is -2.21. The molecule has 20 heavy (non-hydrogen) atoms. The number of aliphatic hydroxyl groups excluding tert-OH is 1. The van der Waals surface area contributed by atoms with Crippen molar-refractivity contribution in [2.75, 3.05) is 0 Å². The normalized spacial score (nSPS) is 13.8. The summed E-state index contributed by atoms with van der Waals surface area (Å²) in [7, 11) is 0. The summed E-state index contributed by atoms with van der Waals surface area (Å²) in [6, 6.07) is 16.7. The molecule has 0 aliphatic rings. The van der Waals surface area contributed by atoms with Gasteiger partial charge in [-0.1, -0.05) is 54.1 Å². The van der Waals surface area contributed by atoms with Crippen LogP contribution < -0.4 is 0 Å². The van der Waals surface area contributed by atoms with Gasteiger partial charge in [0.2, 0.25) is 0 Å². The number of hydrogen-bond acceptors (Lipinski definition) is 2. The van der Waals surface area contributed by atoms with E-state index in [0.29, 0.717) is 17.0 Å². The van der Waals surface area contributed by atoms with Crippen molar-refractivity contribution >= 4 is 17.4 Å². The largest absolute Gasteiger partial charge is 0.388 e. The number of hydrogen-bond donors (Lipinski definition) is 1. The Bertz CT molecular complexity index is 563. The summed E-state index contributed by atoms with van der Waals surface area (Å²) in [6.45, 7) is 1.52. The first-order valence-corrected chi connectivity index (χ1v) is 6.93. The van der Waals surface area contributed by atoms with Gasteiger partial charge in [-0.2, -0.15) is 0 Å². The van der Waals surface area contributed by atoms with Crippen LogP contribution >= 0.6 is 11.6 Å². The van der Waals surface area contributed by atoms with Gasteiger partial charge in [-0.05, 0) is 36.6 Å². The molecule has 0 saturated heterocycles. The highest BCUT2D eigenvalue weighted by atomic mass is 35.5. The van der Waals surface area contributed by atoms with Gasteiger partial charge in [0, 0.05) is 5.02 Å². The van der Waals surface area contributed by atoms with Gasteiger partial charge >= 0.3 is 0 Å². The van der Waals surface area contributed by atoms with Crippen molar-refractivity contribution in [1.82, 2.24) is 0 Å². The van der Waals surface area contributed by atoms with E-state index in [0.717, 1.165) is 5.56 Å². The number of ketones is 1. The van der Waals surface area contributed by atoms with Gasteiger partial charge in [-0.15, -0.1) is 0 Å². The first-order valence-electron chi connectivity index (χ1n) is 6.56. The molecule has 2 nitrogen and oxygen atoms in total.